The number of nitrogens with zero attached hydrogens (tertiary/aromatic N) is 3. The lowest BCUT2D eigenvalue weighted by molar-refractivity contribution is 0.102. The van der Waals surface area contributed by atoms with Crippen molar-refractivity contribution in [3.8, 4) is 0 Å². The van der Waals surface area contributed by atoms with Crippen LogP contribution in [0.5, 0.6) is 0 Å². The van der Waals surface area contributed by atoms with Gasteiger partial charge < -0.3 is 4.98 Å². The predicted molar refractivity (Wildman–Crippen MR) is 64.0 cm³/mol. The smallest absolute Gasteiger partial charge is 0.273 e. The van der Waals surface area contributed by atoms with Gasteiger partial charge in [-0.3, -0.25) is 10.1 Å². The van der Waals surface area contributed by atoms with Crippen molar-refractivity contribution >= 4 is 33.5 Å². The highest BCUT2D eigenvalue weighted by molar-refractivity contribution is 7.09. The van der Waals surface area contributed by atoms with Crippen molar-refractivity contribution in [1.29, 1.82) is 0 Å². The summed E-state index contributed by atoms with van der Waals surface area (Å²) >= 11 is 1.03. The zero-order valence-corrected chi connectivity index (χ0v) is 9.36. The average Bonchev–Trinajstić information content (AvgIpc) is 2.96. The number of carbonyl (C=O) groups excluding carboxylic acids is 1. The number of rotatable bonds is 2. The summed E-state index contributed by atoms with van der Waals surface area (Å²) in [6.45, 7) is 0. The van der Waals surface area contributed by atoms with Crippen LogP contribution in [0.1, 0.15) is 10.5 Å². The van der Waals surface area contributed by atoms with Gasteiger partial charge in [0.05, 0.1) is 0 Å². The van der Waals surface area contributed by atoms with Crippen molar-refractivity contribution in [1.82, 2.24) is 19.8 Å². The molecule has 0 aliphatic rings. The first-order valence-electron chi connectivity index (χ1n) is 4.87. The number of nitrogens with one attached hydrogen (secondary N) is 2. The van der Waals surface area contributed by atoms with Crippen LogP contribution in [-0.4, -0.2) is 25.7 Å². The minimum atomic E-state index is -0.250. The number of benzene rings is 1. The first kappa shape index (κ1) is 9.91. The maximum Gasteiger partial charge on any atom is 0.273 e. The zero-order valence-electron chi connectivity index (χ0n) is 8.54. The lowest BCUT2D eigenvalue weighted by atomic mass is 10.2. The second-order valence-electron chi connectivity index (χ2n) is 3.39. The highest BCUT2D eigenvalue weighted by Gasteiger charge is 2.11. The van der Waals surface area contributed by atoms with E-state index in [0.717, 1.165) is 22.4 Å². The number of H-pyrrole nitrogens is 1. The van der Waals surface area contributed by atoms with Crippen LogP contribution < -0.4 is 5.32 Å². The summed E-state index contributed by atoms with van der Waals surface area (Å²) in [5.74, 6) is -0.250. The summed E-state index contributed by atoms with van der Waals surface area (Å²) in [6, 6.07) is 9.48. The third-order valence-corrected chi connectivity index (χ3v) is 2.81. The average molecular weight is 245 g/mol. The van der Waals surface area contributed by atoms with E-state index in [-0.39, 0.29) is 5.91 Å². The SMILES string of the molecule is O=C(Nc1nnns1)c1cc2ccccc2[nH]1. The number of hydrogen-bond acceptors (Lipinski definition) is 5. The first-order chi connectivity index (χ1) is 8.33. The molecule has 0 bridgehead atoms. The molecule has 6 nitrogen and oxygen atoms in total. The van der Waals surface area contributed by atoms with Gasteiger partial charge in [-0.25, -0.2) is 0 Å². The molecular weight excluding hydrogens is 238 g/mol. The molecule has 0 unspecified atom stereocenters. The summed E-state index contributed by atoms with van der Waals surface area (Å²) in [6.07, 6.45) is 0. The number of carbonyl (C=O) groups is 1. The molecule has 3 aromatic rings. The van der Waals surface area contributed by atoms with Crippen molar-refractivity contribution in [3.63, 3.8) is 0 Å². The van der Waals surface area contributed by atoms with Crippen molar-refractivity contribution < 1.29 is 4.79 Å². The molecule has 0 radical (unpaired) electrons. The van der Waals surface area contributed by atoms with Gasteiger partial charge in [0, 0.05) is 22.4 Å². The van der Waals surface area contributed by atoms with Crippen LogP contribution in [0.15, 0.2) is 30.3 Å². The van der Waals surface area contributed by atoms with Crippen molar-refractivity contribution in [2.45, 2.75) is 0 Å². The molecule has 3 rings (SSSR count). The minimum Gasteiger partial charge on any atom is -0.351 e. The fourth-order valence-electron chi connectivity index (χ4n) is 1.54. The minimum absolute atomic E-state index is 0.250. The number of para-hydroxylation sites is 1. The molecule has 1 aromatic carbocycles. The molecule has 0 fully saturated rings. The molecule has 0 saturated carbocycles. The van der Waals surface area contributed by atoms with Gasteiger partial charge in [0.25, 0.3) is 5.91 Å². The van der Waals surface area contributed by atoms with Crippen LogP contribution in [0, 0.1) is 0 Å². The molecule has 0 saturated heterocycles. The lowest BCUT2D eigenvalue weighted by Gasteiger charge is -1.95. The number of aromatic nitrogens is 4. The number of hydrogen-bond donors (Lipinski definition) is 2. The Morgan fingerprint density at radius 3 is 3.00 bits per heavy atom. The molecule has 7 heteroatoms. The summed E-state index contributed by atoms with van der Waals surface area (Å²) in [5, 5.41) is 11.0. The van der Waals surface area contributed by atoms with Crippen LogP contribution in [-0.2, 0) is 0 Å². The Balaban J connectivity index is 1.90. The van der Waals surface area contributed by atoms with Crippen molar-refractivity contribution in [3.05, 3.63) is 36.0 Å². The van der Waals surface area contributed by atoms with E-state index in [9.17, 15) is 4.79 Å². The zero-order chi connectivity index (χ0) is 11.7. The molecule has 0 aliphatic heterocycles. The Morgan fingerprint density at radius 2 is 2.24 bits per heavy atom. The molecule has 1 amide bonds. The summed E-state index contributed by atoms with van der Waals surface area (Å²) in [4.78, 5) is 14.9. The number of amides is 1. The Morgan fingerprint density at radius 1 is 1.35 bits per heavy atom. The molecule has 17 heavy (non-hydrogen) atoms. The van der Waals surface area contributed by atoms with Gasteiger partial charge in [0.15, 0.2) is 0 Å². The van der Waals surface area contributed by atoms with E-state index in [1.165, 1.54) is 0 Å². The monoisotopic (exact) mass is 245 g/mol. The highest BCUT2D eigenvalue weighted by atomic mass is 32.1. The fraction of sp³-hybridized carbons (Fsp3) is 0. The third kappa shape index (κ3) is 1.87. The van der Waals surface area contributed by atoms with E-state index in [1.54, 1.807) is 6.07 Å². The van der Waals surface area contributed by atoms with Gasteiger partial charge in [-0.1, -0.05) is 27.8 Å². The first-order valence-corrected chi connectivity index (χ1v) is 5.64. The van der Waals surface area contributed by atoms with E-state index in [4.69, 9.17) is 0 Å². The number of anilines is 1. The number of aromatic amines is 1. The van der Waals surface area contributed by atoms with E-state index < -0.39 is 0 Å². The van der Waals surface area contributed by atoms with Crippen LogP contribution in [0.3, 0.4) is 0 Å². The predicted octanol–water partition coefficient (Wildman–Crippen LogP) is 1.67. The van der Waals surface area contributed by atoms with Crippen molar-refractivity contribution in [2.75, 3.05) is 5.32 Å². The molecule has 2 heterocycles. The summed E-state index contributed by atoms with van der Waals surface area (Å²) in [7, 11) is 0. The lowest BCUT2D eigenvalue weighted by Crippen LogP contribution is -2.11. The van der Waals surface area contributed by atoms with Crippen LogP contribution in [0.2, 0.25) is 0 Å². The largest absolute Gasteiger partial charge is 0.351 e. The molecule has 0 aliphatic carbocycles. The molecule has 0 atom stereocenters. The second-order valence-corrected chi connectivity index (χ2v) is 4.12. The van der Waals surface area contributed by atoms with Crippen LogP contribution in [0.4, 0.5) is 5.13 Å². The summed E-state index contributed by atoms with van der Waals surface area (Å²) < 4.78 is 3.57. The van der Waals surface area contributed by atoms with Crippen LogP contribution >= 0.6 is 11.5 Å². The van der Waals surface area contributed by atoms with E-state index in [1.807, 2.05) is 24.3 Å². The quantitative estimate of drug-likeness (QED) is 0.719. The normalized spacial score (nSPS) is 10.6. The number of fused-ring (bicyclic) bond motifs is 1. The topological polar surface area (TPSA) is 83.6 Å². The Bertz CT molecular complexity index is 627. The van der Waals surface area contributed by atoms with Gasteiger partial charge in [-0.15, -0.1) is 0 Å². The molecule has 0 spiro atoms. The van der Waals surface area contributed by atoms with Gasteiger partial charge in [-0.2, -0.15) is 0 Å². The maximum absolute atomic E-state index is 11.9. The Hall–Kier alpha value is -2.28. The summed E-state index contributed by atoms with van der Waals surface area (Å²) in [5.41, 5.74) is 1.41. The Kier molecular flexibility index (Phi) is 2.30. The van der Waals surface area contributed by atoms with E-state index >= 15 is 0 Å². The standard InChI is InChI=1S/C10H7N5OS/c16-9(12-10-13-14-15-17-10)8-5-6-3-1-2-4-7(6)11-8/h1-5,11H,(H,12,13,15,16). The highest BCUT2D eigenvalue weighted by Crippen LogP contribution is 2.16. The molecule has 2 N–H and O–H groups in total. The van der Waals surface area contributed by atoms with Crippen molar-refractivity contribution in [2.24, 2.45) is 0 Å². The third-order valence-electron chi connectivity index (χ3n) is 2.29. The van der Waals surface area contributed by atoms with Gasteiger partial charge in [0.2, 0.25) is 5.13 Å². The molecule has 84 valence electrons. The molecule has 2 aromatic heterocycles. The fourth-order valence-corrected chi connectivity index (χ4v) is 1.90. The Labute approximate surface area is 99.8 Å². The van der Waals surface area contributed by atoms with E-state index in [0.29, 0.717) is 10.8 Å². The van der Waals surface area contributed by atoms with Gasteiger partial charge in [0.1, 0.15) is 5.69 Å². The molecular formula is C10H7N5OS. The second kappa shape index (κ2) is 3.95. The maximum atomic E-state index is 11.9. The van der Waals surface area contributed by atoms with Gasteiger partial charge in [-0.05, 0) is 17.3 Å². The van der Waals surface area contributed by atoms with Crippen LogP contribution in [0.25, 0.3) is 10.9 Å². The van der Waals surface area contributed by atoms with Gasteiger partial charge >= 0.3 is 0 Å². The van der Waals surface area contributed by atoms with E-state index in [2.05, 4.69) is 25.1 Å².